The van der Waals surface area contributed by atoms with Crippen LogP contribution in [0.3, 0.4) is 0 Å². The van der Waals surface area contributed by atoms with Gasteiger partial charge in [0.15, 0.2) is 0 Å². The number of aromatic nitrogens is 2. The minimum Gasteiger partial charge on any atom is -0.460 e. The average Bonchev–Trinajstić information content (AvgIpc) is 2.99. The normalized spacial score (nSPS) is 11.4. The third-order valence-corrected chi connectivity index (χ3v) is 4.14. The Morgan fingerprint density at radius 3 is 2.63 bits per heavy atom. The van der Waals surface area contributed by atoms with E-state index in [1.165, 1.54) is 17.4 Å². The topological polar surface area (TPSA) is 93.2 Å². The molecule has 0 aliphatic carbocycles. The molecule has 7 nitrogen and oxygen atoms in total. The summed E-state index contributed by atoms with van der Waals surface area (Å²) in [7, 11) is 0. The largest absolute Gasteiger partial charge is 0.460 e. The number of carbonyl (C=O) groups excluding carboxylic acids is 2. The van der Waals surface area contributed by atoms with Crippen LogP contribution in [-0.4, -0.2) is 34.2 Å². The van der Waals surface area contributed by atoms with E-state index in [2.05, 4.69) is 20.8 Å². The molecule has 0 spiro atoms. The Labute approximate surface area is 166 Å². The Kier molecular flexibility index (Phi) is 7.32. The second-order valence-corrected chi connectivity index (χ2v) is 7.90. The fourth-order valence-corrected chi connectivity index (χ4v) is 2.80. The third-order valence-electron chi connectivity index (χ3n) is 3.00. The van der Waals surface area contributed by atoms with E-state index in [0.29, 0.717) is 21.8 Å². The van der Waals surface area contributed by atoms with Crippen molar-refractivity contribution in [2.45, 2.75) is 32.8 Å². The van der Waals surface area contributed by atoms with Gasteiger partial charge in [-0.1, -0.05) is 41.1 Å². The lowest BCUT2D eigenvalue weighted by Gasteiger charge is -2.19. The van der Waals surface area contributed by atoms with Crippen LogP contribution in [0.15, 0.2) is 30.3 Å². The van der Waals surface area contributed by atoms with Gasteiger partial charge in [-0.2, -0.15) is 0 Å². The van der Waals surface area contributed by atoms with Crippen LogP contribution < -0.4 is 10.6 Å². The molecule has 144 valence electrons. The van der Waals surface area contributed by atoms with Gasteiger partial charge in [-0.25, -0.2) is 0 Å². The molecule has 0 aliphatic rings. The number of esters is 1. The summed E-state index contributed by atoms with van der Waals surface area (Å²) in [4.78, 5) is 23.6. The zero-order valence-corrected chi connectivity index (χ0v) is 16.9. The standard InChI is InChI=1S/C18H21ClN4O3S/c1-18(2,3)26-15(25)10-11-20-16-22-23-17(27-16)21-14(24)9-8-12-6-4-5-7-13(12)19/h4-9H,10-11H2,1-3H3,(H,20,22)(H,21,23,24). The lowest BCUT2D eigenvalue weighted by Crippen LogP contribution is -2.25. The summed E-state index contributed by atoms with van der Waals surface area (Å²) in [5, 5.41) is 14.8. The Morgan fingerprint density at radius 1 is 1.22 bits per heavy atom. The number of hydrogen-bond donors (Lipinski definition) is 2. The molecule has 1 aromatic heterocycles. The summed E-state index contributed by atoms with van der Waals surface area (Å²) >= 11 is 7.21. The van der Waals surface area contributed by atoms with Crippen LogP contribution in [0.2, 0.25) is 5.02 Å². The van der Waals surface area contributed by atoms with Crippen LogP contribution in [0.4, 0.5) is 10.3 Å². The van der Waals surface area contributed by atoms with Gasteiger partial charge in [-0.05, 0) is 38.5 Å². The molecule has 2 aromatic rings. The first-order valence-corrected chi connectivity index (χ1v) is 9.45. The summed E-state index contributed by atoms with van der Waals surface area (Å²) < 4.78 is 5.22. The number of nitrogens with one attached hydrogen (secondary N) is 2. The minimum atomic E-state index is -0.505. The summed E-state index contributed by atoms with van der Waals surface area (Å²) in [6.45, 7) is 5.82. The Morgan fingerprint density at radius 2 is 1.93 bits per heavy atom. The van der Waals surface area contributed by atoms with Crippen molar-refractivity contribution < 1.29 is 14.3 Å². The van der Waals surface area contributed by atoms with Gasteiger partial charge in [-0.15, -0.1) is 10.2 Å². The monoisotopic (exact) mass is 408 g/mol. The van der Waals surface area contributed by atoms with Gasteiger partial charge in [0, 0.05) is 17.6 Å². The maximum absolute atomic E-state index is 12.0. The number of anilines is 2. The summed E-state index contributed by atoms with van der Waals surface area (Å²) in [6, 6.07) is 7.21. The first-order valence-electron chi connectivity index (χ1n) is 8.26. The van der Waals surface area contributed by atoms with E-state index >= 15 is 0 Å². The molecule has 0 aliphatic heterocycles. The van der Waals surface area contributed by atoms with Crippen LogP contribution in [0.5, 0.6) is 0 Å². The highest BCUT2D eigenvalue weighted by atomic mass is 35.5. The van der Waals surface area contributed by atoms with Crippen molar-refractivity contribution in [3.05, 3.63) is 40.9 Å². The maximum atomic E-state index is 12.0. The number of halogens is 1. The highest BCUT2D eigenvalue weighted by molar-refractivity contribution is 7.19. The van der Waals surface area contributed by atoms with E-state index in [0.717, 1.165) is 5.56 Å². The molecule has 2 rings (SSSR count). The molecule has 0 saturated carbocycles. The highest BCUT2D eigenvalue weighted by Gasteiger charge is 2.16. The fourth-order valence-electron chi connectivity index (χ4n) is 1.93. The first kappa shape index (κ1) is 20.9. The van der Waals surface area contributed by atoms with E-state index in [1.54, 1.807) is 12.1 Å². The number of carbonyl (C=O) groups is 2. The van der Waals surface area contributed by atoms with Gasteiger partial charge in [0.25, 0.3) is 0 Å². The van der Waals surface area contributed by atoms with Crippen LogP contribution in [0.25, 0.3) is 6.08 Å². The van der Waals surface area contributed by atoms with E-state index in [1.807, 2.05) is 39.0 Å². The van der Waals surface area contributed by atoms with Gasteiger partial charge in [0.2, 0.25) is 16.2 Å². The van der Waals surface area contributed by atoms with Crippen molar-refractivity contribution in [2.75, 3.05) is 17.2 Å². The quantitative estimate of drug-likeness (QED) is 0.531. The van der Waals surface area contributed by atoms with Gasteiger partial charge in [-0.3, -0.25) is 14.9 Å². The lowest BCUT2D eigenvalue weighted by atomic mass is 10.2. The molecule has 1 aromatic carbocycles. The molecule has 0 saturated heterocycles. The SMILES string of the molecule is CC(C)(C)OC(=O)CCNc1nnc(NC(=O)C=Cc2ccccc2Cl)s1. The maximum Gasteiger partial charge on any atom is 0.308 e. The Hall–Kier alpha value is -2.45. The third kappa shape index (κ3) is 7.76. The van der Waals surface area contributed by atoms with Crippen molar-refractivity contribution >= 4 is 51.2 Å². The fraction of sp³-hybridized carbons (Fsp3) is 0.333. The molecule has 0 fully saturated rings. The molecule has 0 bridgehead atoms. The molecule has 0 unspecified atom stereocenters. The summed E-state index contributed by atoms with van der Waals surface area (Å²) in [6.07, 6.45) is 3.20. The molecule has 0 atom stereocenters. The van der Waals surface area contributed by atoms with Crippen molar-refractivity contribution in [3.8, 4) is 0 Å². The predicted octanol–water partition coefficient (Wildman–Crippen LogP) is 3.99. The van der Waals surface area contributed by atoms with Crippen molar-refractivity contribution in [2.24, 2.45) is 0 Å². The zero-order chi connectivity index (χ0) is 19.9. The summed E-state index contributed by atoms with van der Waals surface area (Å²) in [5.41, 5.74) is 0.241. The van der Waals surface area contributed by atoms with Crippen molar-refractivity contribution in [3.63, 3.8) is 0 Å². The van der Waals surface area contributed by atoms with E-state index in [4.69, 9.17) is 16.3 Å². The molecule has 0 radical (unpaired) electrons. The van der Waals surface area contributed by atoms with Gasteiger partial charge in [0.05, 0.1) is 6.42 Å². The Balaban J connectivity index is 1.79. The van der Waals surface area contributed by atoms with Crippen LogP contribution in [0.1, 0.15) is 32.8 Å². The second kappa shape index (κ2) is 9.48. The van der Waals surface area contributed by atoms with Gasteiger partial charge >= 0.3 is 5.97 Å². The first-order chi connectivity index (χ1) is 12.7. The lowest BCUT2D eigenvalue weighted by molar-refractivity contribution is -0.154. The molecular weight excluding hydrogens is 388 g/mol. The van der Waals surface area contributed by atoms with Gasteiger partial charge in [0.1, 0.15) is 5.60 Å². The number of hydrogen-bond acceptors (Lipinski definition) is 7. The van der Waals surface area contributed by atoms with E-state index in [9.17, 15) is 9.59 Å². The molecule has 9 heteroatoms. The molecule has 27 heavy (non-hydrogen) atoms. The second-order valence-electron chi connectivity index (χ2n) is 6.52. The number of amides is 1. The highest BCUT2D eigenvalue weighted by Crippen LogP contribution is 2.20. The van der Waals surface area contributed by atoms with Crippen molar-refractivity contribution in [1.29, 1.82) is 0 Å². The molecule has 1 heterocycles. The smallest absolute Gasteiger partial charge is 0.308 e. The van der Waals surface area contributed by atoms with Crippen molar-refractivity contribution in [1.82, 2.24) is 10.2 Å². The molecular formula is C18H21ClN4O3S. The van der Waals surface area contributed by atoms with E-state index in [-0.39, 0.29) is 18.3 Å². The average molecular weight is 409 g/mol. The minimum absolute atomic E-state index is 0.207. The summed E-state index contributed by atoms with van der Waals surface area (Å²) in [5.74, 6) is -0.635. The number of rotatable bonds is 7. The molecule has 1 amide bonds. The number of benzene rings is 1. The predicted molar refractivity (Wildman–Crippen MR) is 108 cm³/mol. The van der Waals surface area contributed by atoms with Crippen LogP contribution in [0, 0.1) is 0 Å². The zero-order valence-electron chi connectivity index (χ0n) is 15.3. The Bertz CT molecular complexity index is 830. The van der Waals surface area contributed by atoms with Gasteiger partial charge < -0.3 is 10.1 Å². The van der Waals surface area contributed by atoms with Crippen LogP contribution in [-0.2, 0) is 14.3 Å². The number of ether oxygens (including phenoxy) is 1. The van der Waals surface area contributed by atoms with E-state index < -0.39 is 5.60 Å². The van der Waals surface area contributed by atoms with Crippen LogP contribution >= 0.6 is 22.9 Å². The number of nitrogens with zero attached hydrogens (tertiary/aromatic N) is 2. The molecule has 2 N–H and O–H groups in total.